The summed E-state index contributed by atoms with van der Waals surface area (Å²) in [5, 5.41) is 0. The first kappa shape index (κ1) is 21.2. The maximum absolute atomic E-state index is 12.9. The summed E-state index contributed by atoms with van der Waals surface area (Å²) < 4.78 is 34.1. The van der Waals surface area contributed by atoms with Gasteiger partial charge in [-0.05, 0) is 32.3 Å². The highest BCUT2D eigenvalue weighted by Gasteiger charge is 2.79. The number of esters is 3. The lowest BCUT2D eigenvalue weighted by molar-refractivity contribution is -0.165. The molecule has 172 valence electrons. The van der Waals surface area contributed by atoms with Crippen molar-refractivity contribution in [3.63, 3.8) is 0 Å². The molecule has 4 aliphatic rings. The van der Waals surface area contributed by atoms with Crippen LogP contribution in [0.2, 0.25) is 0 Å². The highest BCUT2D eigenvalue weighted by atomic mass is 16.7. The Labute approximate surface area is 184 Å². The molecule has 4 aliphatic heterocycles. The van der Waals surface area contributed by atoms with E-state index in [9.17, 15) is 14.4 Å². The van der Waals surface area contributed by atoms with Crippen LogP contribution in [-0.4, -0.2) is 54.5 Å². The molecule has 0 spiro atoms. The van der Waals surface area contributed by atoms with Crippen LogP contribution in [0.25, 0.3) is 0 Å². The first-order chi connectivity index (χ1) is 15.1. The molecular formula is C23H26O9. The predicted octanol–water partition coefficient (Wildman–Crippen LogP) is 2.42. The standard InChI is InChI=1S/C23H26O9/c1-10(2)12-6-14-13(20(25)27-5)8-15(29-14)18-22(4,31-18)9-16-19-23(32-19,21(26)30-16)17(7-12)28-11(3)24/h8,12,16-19H,1,6-7,9H2,2-5H3/t12-,16-,17+,18+,19-,22+,23-/m1/s1. The summed E-state index contributed by atoms with van der Waals surface area (Å²) >= 11 is 0. The minimum Gasteiger partial charge on any atom is -0.465 e. The van der Waals surface area contributed by atoms with Crippen LogP contribution in [0.3, 0.4) is 0 Å². The summed E-state index contributed by atoms with van der Waals surface area (Å²) in [4.78, 5) is 37.2. The number of epoxide rings is 2. The quantitative estimate of drug-likeness (QED) is 0.299. The van der Waals surface area contributed by atoms with E-state index in [0.717, 1.165) is 5.57 Å². The molecule has 7 atom stereocenters. The monoisotopic (exact) mass is 446 g/mol. The number of methoxy groups -OCH3 is 1. The summed E-state index contributed by atoms with van der Waals surface area (Å²) in [7, 11) is 1.31. The molecule has 3 fully saturated rings. The summed E-state index contributed by atoms with van der Waals surface area (Å²) in [5.41, 5.74) is -0.859. The lowest BCUT2D eigenvalue weighted by Gasteiger charge is -2.26. The van der Waals surface area contributed by atoms with E-state index in [1.165, 1.54) is 14.0 Å². The summed E-state index contributed by atoms with van der Waals surface area (Å²) in [5.74, 6) is -0.856. The first-order valence-corrected chi connectivity index (χ1v) is 10.7. The fourth-order valence-corrected chi connectivity index (χ4v) is 5.14. The highest BCUT2D eigenvalue weighted by molar-refractivity contribution is 5.91. The summed E-state index contributed by atoms with van der Waals surface area (Å²) in [6.45, 7) is 9.10. The third kappa shape index (κ3) is 3.09. The van der Waals surface area contributed by atoms with Crippen molar-refractivity contribution in [1.29, 1.82) is 0 Å². The Morgan fingerprint density at radius 3 is 2.62 bits per heavy atom. The van der Waals surface area contributed by atoms with Crippen molar-refractivity contribution in [1.82, 2.24) is 0 Å². The molecule has 0 unspecified atom stereocenters. The van der Waals surface area contributed by atoms with Crippen molar-refractivity contribution >= 4 is 17.9 Å². The largest absolute Gasteiger partial charge is 0.465 e. The second-order valence-electron chi connectivity index (χ2n) is 9.35. The van der Waals surface area contributed by atoms with Gasteiger partial charge < -0.3 is 28.1 Å². The van der Waals surface area contributed by atoms with Gasteiger partial charge in [0.2, 0.25) is 5.60 Å². The molecule has 32 heavy (non-hydrogen) atoms. The Morgan fingerprint density at radius 2 is 2.00 bits per heavy atom. The average molecular weight is 446 g/mol. The van der Waals surface area contributed by atoms with E-state index in [4.69, 9.17) is 28.1 Å². The average Bonchev–Trinajstić information content (AvgIpc) is 3.54. The van der Waals surface area contributed by atoms with Gasteiger partial charge >= 0.3 is 17.9 Å². The topological polar surface area (TPSA) is 117 Å². The van der Waals surface area contributed by atoms with Crippen LogP contribution in [0.1, 0.15) is 61.6 Å². The predicted molar refractivity (Wildman–Crippen MR) is 107 cm³/mol. The van der Waals surface area contributed by atoms with Crippen molar-refractivity contribution in [2.24, 2.45) is 5.92 Å². The molecule has 0 amide bonds. The van der Waals surface area contributed by atoms with Gasteiger partial charge in [-0.15, -0.1) is 0 Å². The van der Waals surface area contributed by atoms with E-state index in [-0.39, 0.29) is 18.4 Å². The van der Waals surface area contributed by atoms with Crippen molar-refractivity contribution in [2.75, 3.05) is 7.11 Å². The minimum absolute atomic E-state index is 0.264. The number of hydrogen-bond donors (Lipinski definition) is 0. The van der Waals surface area contributed by atoms with Gasteiger partial charge in [0.05, 0.1) is 7.11 Å². The number of hydrogen-bond acceptors (Lipinski definition) is 9. The molecule has 5 rings (SSSR count). The second-order valence-corrected chi connectivity index (χ2v) is 9.35. The Balaban J connectivity index is 1.58. The van der Waals surface area contributed by atoms with Crippen LogP contribution < -0.4 is 0 Å². The normalized spacial score (nSPS) is 39.2. The fourth-order valence-electron chi connectivity index (χ4n) is 5.14. The molecule has 0 N–H and O–H groups in total. The van der Waals surface area contributed by atoms with Crippen molar-refractivity contribution in [2.45, 2.75) is 75.7 Å². The van der Waals surface area contributed by atoms with Crippen LogP contribution in [0.4, 0.5) is 0 Å². The molecular weight excluding hydrogens is 420 g/mol. The number of furan rings is 1. The van der Waals surface area contributed by atoms with E-state index in [1.54, 1.807) is 6.07 Å². The fraction of sp³-hybridized carbons (Fsp3) is 0.609. The maximum atomic E-state index is 12.9. The summed E-state index contributed by atoms with van der Waals surface area (Å²) in [6.07, 6.45) is -1.33. The van der Waals surface area contributed by atoms with Crippen molar-refractivity contribution in [3.05, 3.63) is 35.3 Å². The van der Waals surface area contributed by atoms with Gasteiger partial charge in [0.25, 0.3) is 0 Å². The number of rotatable bonds is 3. The zero-order chi connectivity index (χ0) is 23.0. The molecule has 0 aliphatic carbocycles. The first-order valence-electron chi connectivity index (χ1n) is 10.7. The lowest BCUT2D eigenvalue weighted by Crippen LogP contribution is -2.42. The van der Waals surface area contributed by atoms with Crippen molar-refractivity contribution < 1.29 is 42.5 Å². The minimum atomic E-state index is -1.32. The zero-order valence-electron chi connectivity index (χ0n) is 18.5. The Bertz CT molecular complexity index is 1020. The van der Waals surface area contributed by atoms with Crippen LogP contribution in [-0.2, 0) is 39.7 Å². The molecule has 9 heteroatoms. The maximum Gasteiger partial charge on any atom is 0.345 e. The van der Waals surface area contributed by atoms with Crippen LogP contribution in [0, 0.1) is 5.92 Å². The third-order valence-corrected chi connectivity index (χ3v) is 7.00. The van der Waals surface area contributed by atoms with E-state index in [2.05, 4.69) is 6.58 Å². The van der Waals surface area contributed by atoms with E-state index >= 15 is 0 Å². The van der Waals surface area contributed by atoms with E-state index in [0.29, 0.717) is 29.9 Å². The Hall–Kier alpha value is -2.65. The van der Waals surface area contributed by atoms with Gasteiger partial charge in [0.1, 0.15) is 47.1 Å². The number of ether oxygens (including phenoxy) is 5. The van der Waals surface area contributed by atoms with E-state index in [1.807, 2.05) is 13.8 Å². The number of carbonyl (C=O) groups is 3. The Morgan fingerprint density at radius 1 is 1.25 bits per heavy atom. The molecule has 0 saturated carbocycles. The van der Waals surface area contributed by atoms with Crippen LogP contribution in [0.15, 0.2) is 22.6 Å². The summed E-state index contributed by atoms with van der Waals surface area (Å²) in [6, 6.07) is 1.65. The number of carbonyl (C=O) groups excluding carboxylic acids is 3. The SMILES string of the molecule is C=C(C)[C@@H]1Cc2oc(cc2C(=O)OC)[C@@H]2O[C@@]2(C)C[C@H]2OC(=O)[C@@]3(O[C@H]23)[C@@H](OC(C)=O)C1. The molecule has 0 aromatic carbocycles. The van der Waals surface area contributed by atoms with Crippen molar-refractivity contribution in [3.8, 4) is 0 Å². The second kappa shape index (κ2) is 6.92. The molecule has 0 radical (unpaired) electrons. The van der Waals surface area contributed by atoms with Gasteiger partial charge in [-0.1, -0.05) is 12.2 Å². The van der Waals surface area contributed by atoms with Crippen LogP contribution >= 0.6 is 0 Å². The lowest BCUT2D eigenvalue weighted by atomic mass is 9.83. The molecule has 5 heterocycles. The molecule has 1 aromatic rings. The number of allylic oxidation sites excluding steroid dienone is 1. The van der Waals surface area contributed by atoms with Gasteiger partial charge in [0, 0.05) is 19.8 Å². The molecule has 9 nitrogen and oxygen atoms in total. The third-order valence-electron chi connectivity index (χ3n) is 7.00. The Kier molecular flexibility index (Phi) is 4.59. The number of fused-ring (bicyclic) bond motifs is 4. The molecule has 1 aromatic heterocycles. The van der Waals surface area contributed by atoms with Gasteiger partial charge in [-0.25, -0.2) is 9.59 Å². The molecule has 4 bridgehead atoms. The highest BCUT2D eigenvalue weighted by Crippen LogP contribution is 2.59. The van der Waals surface area contributed by atoms with Gasteiger partial charge in [-0.3, -0.25) is 4.79 Å². The zero-order valence-corrected chi connectivity index (χ0v) is 18.5. The van der Waals surface area contributed by atoms with Gasteiger partial charge in [0.15, 0.2) is 0 Å². The smallest absolute Gasteiger partial charge is 0.345 e. The van der Waals surface area contributed by atoms with E-state index < -0.39 is 47.4 Å². The van der Waals surface area contributed by atoms with Crippen LogP contribution in [0.5, 0.6) is 0 Å². The van der Waals surface area contributed by atoms with Gasteiger partial charge in [-0.2, -0.15) is 0 Å². The molecule has 3 saturated heterocycles.